The third-order valence-electron chi connectivity index (χ3n) is 4.06. The summed E-state index contributed by atoms with van der Waals surface area (Å²) in [6, 6.07) is 13.6. The summed E-state index contributed by atoms with van der Waals surface area (Å²) in [5, 5.41) is 6.13. The van der Waals surface area contributed by atoms with Crippen molar-refractivity contribution in [3.8, 4) is 0 Å². The number of hydrogen-bond donors (Lipinski definition) is 2. The van der Waals surface area contributed by atoms with E-state index in [1.54, 1.807) is 0 Å². The molecular weight excluding hydrogens is 312 g/mol. The molecule has 0 aliphatic heterocycles. The van der Waals surface area contributed by atoms with E-state index < -0.39 is 0 Å². The largest absolute Gasteiger partial charge is 0.326 e. The van der Waals surface area contributed by atoms with Crippen LogP contribution in [0, 0.1) is 13.8 Å². The minimum Gasteiger partial charge on any atom is -0.326 e. The maximum absolute atomic E-state index is 12.4. The second-order valence-electron chi connectivity index (χ2n) is 6.27. The van der Waals surface area contributed by atoms with Crippen LogP contribution in [0.3, 0.4) is 0 Å². The van der Waals surface area contributed by atoms with Crippen LogP contribution in [0.25, 0.3) is 0 Å². The molecule has 0 saturated carbocycles. The second-order valence-corrected chi connectivity index (χ2v) is 6.27. The number of hydrogen-bond acceptors (Lipinski definition) is 3. The average Bonchev–Trinajstić information content (AvgIpc) is 2.60. The highest BCUT2D eigenvalue weighted by Crippen LogP contribution is 2.15. The smallest absolute Gasteiger partial charge is 0.224 e. The third-order valence-corrected chi connectivity index (χ3v) is 4.06. The fourth-order valence-corrected chi connectivity index (χ4v) is 2.65. The van der Waals surface area contributed by atoms with Crippen LogP contribution < -0.4 is 10.6 Å². The van der Waals surface area contributed by atoms with Crippen LogP contribution in [0.1, 0.15) is 46.8 Å². The Kier molecular flexibility index (Phi) is 6.90. The van der Waals surface area contributed by atoms with Gasteiger partial charge in [0, 0.05) is 30.6 Å². The molecule has 0 aromatic heterocycles. The molecule has 0 atom stereocenters. The van der Waals surface area contributed by atoms with E-state index in [2.05, 4.69) is 17.6 Å². The van der Waals surface area contributed by atoms with Crippen LogP contribution in [0.5, 0.6) is 0 Å². The maximum Gasteiger partial charge on any atom is 0.224 e. The summed E-state index contributed by atoms with van der Waals surface area (Å²) in [6.07, 6.45) is 0.400. The summed E-state index contributed by atoms with van der Waals surface area (Å²) >= 11 is 0. The van der Waals surface area contributed by atoms with Crippen molar-refractivity contribution in [1.29, 1.82) is 0 Å². The number of aryl methyl sites for hydroxylation is 2. The Morgan fingerprint density at radius 1 is 1.00 bits per heavy atom. The first-order valence-electron chi connectivity index (χ1n) is 8.69. The van der Waals surface area contributed by atoms with E-state index in [1.807, 2.05) is 56.3 Å². The highest BCUT2D eigenvalue weighted by molar-refractivity contribution is 6.01. The fraction of sp³-hybridized carbons (Fsp3) is 0.333. The van der Waals surface area contributed by atoms with Gasteiger partial charge in [-0.25, -0.2) is 0 Å². The first-order chi connectivity index (χ1) is 12.0. The first kappa shape index (κ1) is 18.9. The number of carbonyl (C=O) groups is 2. The summed E-state index contributed by atoms with van der Waals surface area (Å²) in [5.41, 5.74) is 4.59. The van der Waals surface area contributed by atoms with Crippen molar-refractivity contribution >= 4 is 17.4 Å². The monoisotopic (exact) mass is 338 g/mol. The zero-order chi connectivity index (χ0) is 18.2. The predicted octanol–water partition coefficient (Wildman–Crippen LogP) is 4.01. The minimum absolute atomic E-state index is 0.0113. The third kappa shape index (κ3) is 5.84. The molecule has 2 aromatic carbocycles. The number of nitrogens with one attached hydrogen (secondary N) is 2. The van der Waals surface area contributed by atoms with Gasteiger partial charge in [-0.15, -0.1) is 0 Å². The van der Waals surface area contributed by atoms with E-state index in [0.717, 1.165) is 35.5 Å². The number of carbonyl (C=O) groups excluding carboxylic acids is 2. The molecule has 4 heteroatoms. The molecule has 4 nitrogen and oxygen atoms in total. The van der Waals surface area contributed by atoms with E-state index in [1.165, 1.54) is 0 Å². The Morgan fingerprint density at radius 2 is 1.80 bits per heavy atom. The van der Waals surface area contributed by atoms with Gasteiger partial charge in [0.1, 0.15) is 0 Å². The van der Waals surface area contributed by atoms with Gasteiger partial charge in [0.15, 0.2) is 5.78 Å². The predicted molar refractivity (Wildman–Crippen MR) is 102 cm³/mol. The molecule has 0 aliphatic rings. The van der Waals surface area contributed by atoms with Gasteiger partial charge < -0.3 is 10.6 Å². The molecule has 0 heterocycles. The lowest BCUT2D eigenvalue weighted by Gasteiger charge is -2.09. The topological polar surface area (TPSA) is 58.2 Å². The molecule has 0 saturated heterocycles. The highest BCUT2D eigenvalue weighted by atomic mass is 16.2. The van der Waals surface area contributed by atoms with Crippen molar-refractivity contribution in [2.75, 3.05) is 11.9 Å². The van der Waals surface area contributed by atoms with E-state index in [-0.39, 0.29) is 24.5 Å². The molecular formula is C21H26N2O2. The summed E-state index contributed by atoms with van der Waals surface area (Å²) in [4.78, 5) is 24.5. The lowest BCUT2D eigenvalue weighted by molar-refractivity contribution is -0.116. The summed E-state index contributed by atoms with van der Waals surface area (Å²) in [6.45, 7) is 7.60. The van der Waals surface area contributed by atoms with E-state index in [4.69, 9.17) is 0 Å². The quantitative estimate of drug-likeness (QED) is 0.715. The molecule has 2 rings (SSSR count). The molecule has 1 amide bonds. The Balaban J connectivity index is 1.90. The van der Waals surface area contributed by atoms with Crippen LogP contribution in [0.4, 0.5) is 5.69 Å². The normalized spacial score (nSPS) is 10.5. The number of benzene rings is 2. The van der Waals surface area contributed by atoms with Gasteiger partial charge in [-0.1, -0.05) is 36.8 Å². The number of ketones is 1. The minimum atomic E-state index is -0.140. The van der Waals surface area contributed by atoms with Gasteiger partial charge in [-0.2, -0.15) is 0 Å². The number of Topliss-reactive ketones (excluding diaryl/α,β-unsaturated/α-hetero) is 1. The first-order valence-corrected chi connectivity index (χ1v) is 8.69. The Morgan fingerprint density at radius 3 is 2.56 bits per heavy atom. The molecule has 0 radical (unpaired) electrons. The maximum atomic E-state index is 12.4. The van der Waals surface area contributed by atoms with Crippen LogP contribution in [0.15, 0.2) is 42.5 Å². The van der Waals surface area contributed by atoms with Crippen LogP contribution >= 0.6 is 0 Å². The lowest BCUT2D eigenvalue weighted by Crippen LogP contribution is -2.15. The Hall–Kier alpha value is -2.46. The van der Waals surface area contributed by atoms with Crippen LogP contribution in [-0.2, 0) is 11.3 Å². The van der Waals surface area contributed by atoms with Crippen LogP contribution in [0.2, 0.25) is 0 Å². The molecule has 0 fully saturated rings. The van der Waals surface area contributed by atoms with Gasteiger partial charge in [0.05, 0.1) is 0 Å². The number of amides is 1. The Bertz CT molecular complexity index is 753. The van der Waals surface area contributed by atoms with E-state index in [0.29, 0.717) is 5.56 Å². The van der Waals surface area contributed by atoms with Gasteiger partial charge in [0.2, 0.25) is 5.91 Å². The molecule has 0 spiro atoms. The highest BCUT2D eigenvalue weighted by Gasteiger charge is 2.12. The van der Waals surface area contributed by atoms with Crippen molar-refractivity contribution in [3.63, 3.8) is 0 Å². The average molecular weight is 338 g/mol. The number of anilines is 1. The lowest BCUT2D eigenvalue weighted by atomic mass is 9.99. The van der Waals surface area contributed by atoms with Gasteiger partial charge in [-0.3, -0.25) is 9.59 Å². The zero-order valence-electron chi connectivity index (χ0n) is 15.2. The zero-order valence-corrected chi connectivity index (χ0v) is 15.2. The molecule has 2 N–H and O–H groups in total. The number of rotatable bonds is 8. The van der Waals surface area contributed by atoms with Gasteiger partial charge >= 0.3 is 0 Å². The molecule has 0 unspecified atom stereocenters. The van der Waals surface area contributed by atoms with Crippen molar-refractivity contribution in [3.05, 3.63) is 64.7 Å². The van der Waals surface area contributed by atoms with Gasteiger partial charge in [0.25, 0.3) is 0 Å². The molecule has 0 aliphatic carbocycles. The summed E-state index contributed by atoms with van der Waals surface area (Å²) in [5.74, 6) is -0.128. The van der Waals surface area contributed by atoms with Crippen molar-refractivity contribution in [2.24, 2.45) is 0 Å². The molecule has 132 valence electrons. The molecule has 0 bridgehead atoms. The standard InChI is InChI=1S/C21H26N2O2/c1-4-22-14-17-6-5-7-18(13-17)23-21(25)11-10-20(24)19-12-15(2)8-9-16(19)3/h5-9,12-13,22H,4,10-11,14H2,1-3H3,(H,23,25). The summed E-state index contributed by atoms with van der Waals surface area (Å²) in [7, 11) is 0. The fourth-order valence-electron chi connectivity index (χ4n) is 2.65. The van der Waals surface area contributed by atoms with Crippen molar-refractivity contribution in [1.82, 2.24) is 5.32 Å². The molecule has 2 aromatic rings. The van der Waals surface area contributed by atoms with Crippen molar-refractivity contribution in [2.45, 2.75) is 40.2 Å². The van der Waals surface area contributed by atoms with Crippen LogP contribution in [-0.4, -0.2) is 18.2 Å². The SMILES string of the molecule is CCNCc1cccc(NC(=O)CCC(=O)c2cc(C)ccc2C)c1. The van der Waals surface area contributed by atoms with E-state index >= 15 is 0 Å². The Labute approximate surface area is 149 Å². The summed E-state index contributed by atoms with van der Waals surface area (Å²) < 4.78 is 0. The van der Waals surface area contributed by atoms with Gasteiger partial charge in [-0.05, 0) is 49.7 Å². The van der Waals surface area contributed by atoms with Crippen molar-refractivity contribution < 1.29 is 9.59 Å². The second kappa shape index (κ2) is 9.14. The molecule has 25 heavy (non-hydrogen) atoms. The van der Waals surface area contributed by atoms with E-state index in [9.17, 15) is 9.59 Å².